The third kappa shape index (κ3) is 8.00. The van der Waals surface area contributed by atoms with Crippen molar-refractivity contribution < 1.29 is 14.3 Å². The Hall–Kier alpha value is -2.16. The van der Waals surface area contributed by atoms with E-state index in [9.17, 15) is 9.59 Å². The molecule has 0 bridgehead atoms. The van der Waals surface area contributed by atoms with Gasteiger partial charge in [-0.05, 0) is 69.5 Å². The maximum Gasteiger partial charge on any atom is 0.276 e. The second-order valence-electron chi connectivity index (χ2n) is 6.49. The maximum absolute atomic E-state index is 12.0. The highest BCUT2D eigenvalue weighted by molar-refractivity contribution is 9.10. The van der Waals surface area contributed by atoms with Gasteiger partial charge in [0.2, 0.25) is 5.91 Å². The largest absolute Gasteiger partial charge is 0.483 e. The Bertz CT molecular complexity index is 891. The summed E-state index contributed by atoms with van der Waals surface area (Å²) in [5.74, 6) is 0.191. The van der Waals surface area contributed by atoms with E-state index in [1.165, 1.54) is 0 Å². The molecule has 3 N–H and O–H groups in total. The first-order chi connectivity index (χ1) is 13.7. The number of hydrazine groups is 1. The van der Waals surface area contributed by atoms with Crippen LogP contribution in [0.3, 0.4) is 0 Å². The van der Waals surface area contributed by atoms with Crippen molar-refractivity contribution in [1.29, 1.82) is 0 Å². The van der Waals surface area contributed by atoms with E-state index in [-0.39, 0.29) is 24.0 Å². The predicted octanol–water partition coefficient (Wildman–Crippen LogP) is 3.87. The second kappa shape index (κ2) is 11.1. The van der Waals surface area contributed by atoms with Gasteiger partial charge in [0.15, 0.2) is 11.7 Å². The minimum absolute atomic E-state index is 0.0141. The van der Waals surface area contributed by atoms with Crippen molar-refractivity contribution in [1.82, 2.24) is 16.2 Å². The van der Waals surface area contributed by atoms with Crippen LogP contribution in [-0.4, -0.2) is 23.5 Å². The third-order valence-corrected chi connectivity index (χ3v) is 4.90. The van der Waals surface area contributed by atoms with Crippen LogP contribution in [0.1, 0.15) is 30.9 Å². The molecule has 0 unspecified atom stereocenters. The number of halogens is 2. The number of carbonyl (C=O) groups is 2. The van der Waals surface area contributed by atoms with Gasteiger partial charge in [0.25, 0.3) is 5.91 Å². The number of thiocarbonyl (C=S) groups is 1. The Morgan fingerprint density at radius 3 is 2.41 bits per heavy atom. The van der Waals surface area contributed by atoms with Crippen molar-refractivity contribution in [3.05, 3.63) is 63.1 Å². The van der Waals surface area contributed by atoms with Crippen molar-refractivity contribution in [3.8, 4) is 5.75 Å². The average Bonchev–Trinajstić information content (AvgIpc) is 2.67. The first kappa shape index (κ1) is 23.1. The van der Waals surface area contributed by atoms with Gasteiger partial charge in [0.1, 0.15) is 5.75 Å². The lowest BCUT2D eigenvalue weighted by atomic mass is 10.0. The molecule has 9 heteroatoms. The Labute approximate surface area is 188 Å². The van der Waals surface area contributed by atoms with E-state index < -0.39 is 5.91 Å². The van der Waals surface area contributed by atoms with Gasteiger partial charge in [-0.3, -0.25) is 20.4 Å². The first-order valence-electron chi connectivity index (χ1n) is 8.80. The van der Waals surface area contributed by atoms with Gasteiger partial charge in [-0.2, -0.15) is 0 Å². The Kier molecular flexibility index (Phi) is 8.88. The second-order valence-corrected chi connectivity index (χ2v) is 8.19. The van der Waals surface area contributed by atoms with Gasteiger partial charge >= 0.3 is 0 Å². The van der Waals surface area contributed by atoms with Crippen LogP contribution in [0.4, 0.5) is 0 Å². The molecule has 0 aromatic heterocycles. The lowest BCUT2D eigenvalue weighted by Gasteiger charge is -2.13. The SMILES string of the molecule is CC(C)c1ccc(OCC(=O)NNC(=S)NC(=O)Cc2ccc(Cl)cc2)c(Br)c1. The number of ether oxygens (including phenoxy) is 1. The molecule has 0 saturated heterocycles. The summed E-state index contributed by atoms with van der Waals surface area (Å²) >= 11 is 14.2. The van der Waals surface area contributed by atoms with Crippen LogP contribution in [-0.2, 0) is 16.0 Å². The van der Waals surface area contributed by atoms with Crippen molar-refractivity contribution >= 4 is 56.7 Å². The zero-order valence-electron chi connectivity index (χ0n) is 15.9. The molecule has 0 heterocycles. The summed E-state index contributed by atoms with van der Waals surface area (Å²) in [6.07, 6.45) is 0.135. The summed E-state index contributed by atoms with van der Waals surface area (Å²) < 4.78 is 6.27. The zero-order chi connectivity index (χ0) is 21.4. The topological polar surface area (TPSA) is 79.5 Å². The predicted molar refractivity (Wildman–Crippen MR) is 121 cm³/mol. The lowest BCUT2D eigenvalue weighted by molar-refractivity contribution is -0.124. The molecule has 0 aliphatic carbocycles. The molecule has 0 aliphatic heterocycles. The lowest BCUT2D eigenvalue weighted by Crippen LogP contribution is -2.49. The minimum atomic E-state index is -0.445. The molecule has 0 atom stereocenters. The fourth-order valence-electron chi connectivity index (χ4n) is 2.29. The van der Waals surface area contributed by atoms with E-state index >= 15 is 0 Å². The quantitative estimate of drug-likeness (QED) is 0.416. The van der Waals surface area contributed by atoms with E-state index in [0.29, 0.717) is 16.7 Å². The summed E-state index contributed by atoms with van der Waals surface area (Å²) in [6, 6.07) is 12.6. The van der Waals surface area contributed by atoms with Crippen molar-refractivity contribution in [3.63, 3.8) is 0 Å². The van der Waals surface area contributed by atoms with Gasteiger partial charge in [-0.25, -0.2) is 0 Å². The van der Waals surface area contributed by atoms with Crippen molar-refractivity contribution in [2.24, 2.45) is 0 Å². The summed E-state index contributed by atoms with van der Waals surface area (Å²) in [5.41, 5.74) is 6.80. The summed E-state index contributed by atoms with van der Waals surface area (Å²) in [7, 11) is 0. The van der Waals surface area contributed by atoms with Crippen LogP contribution in [0.15, 0.2) is 46.9 Å². The van der Waals surface area contributed by atoms with Gasteiger partial charge < -0.3 is 10.1 Å². The zero-order valence-corrected chi connectivity index (χ0v) is 19.1. The van der Waals surface area contributed by atoms with E-state index in [1.807, 2.05) is 18.2 Å². The Morgan fingerprint density at radius 1 is 1.10 bits per heavy atom. The Balaban J connectivity index is 1.72. The minimum Gasteiger partial charge on any atom is -0.483 e. The number of carbonyl (C=O) groups excluding carboxylic acids is 2. The number of hydrogen-bond acceptors (Lipinski definition) is 4. The molecule has 0 spiro atoms. The molecule has 0 aliphatic rings. The maximum atomic E-state index is 12.0. The van der Waals surface area contributed by atoms with Gasteiger partial charge in [-0.15, -0.1) is 0 Å². The molecular formula is C20H21BrClN3O3S. The number of benzene rings is 2. The highest BCUT2D eigenvalue weighted by atomic mass is 79.9. The summed E-state index contributed by atoms with van der Waals surface area (Å²) in [6.45, 7) is 3.98. The van der Waals surface area contributed by atoms with Gasteiger partial charge in [0, 0.05) is 5.02 Å². The van der Waals surface area contributed by atoms with Crippen LogP contribution in [0.5, 0.6) is 5.75 Å². The first-order valence-corrected chi connectivity index (χ1v) is 10.4. The monoisotopic (exact) mass is 497 g/mol. The average molecular weight is 499 g/mol. The number of nitrogens with one attached hydrogen (secondary N) is 3. The fraction of sp³-hybridized carbons (Fsp3) is 0.250. The smallest absolute Gasteiger partial charge is 0.276 e. The normalized spacial score (nSPS) is 10.4. The third-order valence-electron chi connectivity index (χ3n) is 3.83. The summed E-state index contributed by atoms with van der Waals surface area (Å²) in [5, 5.41) is 3.07. The van der Waals surface area contributed by atoms with Crippen LogP contribution >= 0.6 is 39.7 Å². The molecule has 2 rings (SSSR count). The molecule has 0 radical (unpaired) electrons. The molecule has 154 valence electrons. The highest BCUT2D eigenvalue weighted by Crippen LogP contribution is 2.28. The standard InChI is InChI=1S/C20H21BrClN3O3S/c1-12(2)14-5-8-17(16(21)10-14)28-11-19(27)24-25-20(29)23-18(26)9-13-3-6-15(22)7-4-13/h3-8,10,12H,9,11H2,1-2H3,(H,24,27)(H2,23,25,26,29). The molecule has 0 saturated carbocycles. The molecular weight excluding hydrogens is 478 g/mol. The van der Waals surface area contributed by atoms with Crippen LogP contribution in [0, 0.1) is 0 Å². The van der Waals surface area contributed by atoms with Gasteiger partial charge in [-0.1, -0.05) is 43.6 Å². The van der Waals surface area contributed by atoms with E-state index in [4.69, 9.17) is 28.6 Å². The number of hydrogen-bond donors (Lipinski definition) is 3. The van der Waals surface area contributed by atoms with Crippen molar-refractivity contribution in [2.45, 2.75) is 26.2 Å². The number of amides is 2. The van der Waals surface area contributed by atoms with Crippen molar-refractivity contribution in [2.75, 3.05) is 6.61 Å². The molecule has 29 heavy (non-hydrogen) atoms. The van der Waals surface area contributed by atoms with E-state index in [2.05, 4.69) is 45.9 Å². The molecule has 2 aromatic carbocycles. The molecule has 6 nitrogen and oxygen atoms in total. The molecule has 0 fully saturated rings. The molecule has 2 aromatic rings. The molecule has 2 amide bonds. The summed E-state index contributed by atoms with van der Waals surface area (Å²) in [4.78, 5) is 23.9. The van der Waals surface area contributed by atoms with Gasteiger partial charge in [0.05, 0.1) is 10.9 Å². The van der Waals surface area contributed by atoms with Crippen LogP contribution in [0.2, 0.25) is 5.02 Å². The highest BCUT2D eigenvalue weighted by Gasteiger charge is 2.10. The van der Waals surface area contributed by atoms with E-state index in [1.54, 1.807) is 24.3 Å². The number of rotatable bonds is 6. The van der Waals surface area contributed by atoms with Crippen LogP contribution < -0.4 is 20.9 Å². The Morgan fingerprint density at radius 2 is 1.79 bits per heavy atom. The van der Waals surface area contributed by atoms with Crippen LogP contribution in [0.25, 0.3) is 0 Å². The fourth-order valence-corrected chi connectivity index (χ4v) is 3.09. The van der Waals surface area contributed by atoms with E-state index in [0.717, 1.165) is 15.6 Å².